The zero-order valence-electron chi connectivity index (χ0n) is 6.66. The second-order valence-electron chi connectivity index (χ2n) is 2.58. The molecular weight excluding hydrogens is 190 g/mol. The van der Waals surface area contributed by atoms with Gasteiger partial charge in [-0.2, -0.15) is 0 Å². The zero-order chi connectivity index (χ0) is 9.26. The first-order chi connectivity index (χ1) is 6.27. The zero-order valence-corrected chi connectivity index (χ0v) is 7.41. The van der Waals surface area contributed by atoms with Crippen molar-refractivity contribution in [2.24, 2.45) is 4.99 Å². The summed E-state index contributed by atoms with van der Waals surface area (Å²) in [6.45, 7) is 0.437. The maximum Gasteiger partial charge on any atom is 0.252 e. The van der Waals surface area contributed by atoms with Gasteiger partial charge in [0.1, 0.15) is 18.0 Å². The number of hydrogen-bond acceptors (Lipinski definition) is 3. The Kier molecular flexibility index (Phi) is 2.02. The van der Waals surface area contributed by atoms with Gasteiger partial charge in [0, 0.05) is 11.8 Å². The van der Waals surface area contributed by atoms with Crippen LogP contribution in [0.2, 0.25) is 0 Å². The summed E-state index contributed by atoms with van der Waals surface area (Å²) in [5.41, 5.74) is 1.16. The highest BCUT2D eigenvalue weighted by Gasteiger charge is 2.09. The van der Waals surface area contributed by atoms with Crippen molar-refractivity contribution in [1.29, 1.82) is 0 Å². The number of rotatable bonds is 1. The van der Waals surface area contributed by atoms with E-state index in [-0.39, 0.29) is 0 Å². The van der Waals surface area contributed by atoms with Crippen molar-refractivity contribution in [1.82, 2.24) is 0 Å². The average molecular weight is 196 g/mol. The van der Waals surface area contributed by atoms with Crippen molar-refractivity contribution in [2.75, 3.05) is 6.61 Å². The van der Waals surface area contributed by atoms with E-state index in [9.17, 15) is 4.79 Å². The molecule has 0 saturated heterocycles. The molecule has 0 atom stereocenters. The molecule has 0 fully saturated rings. The maximum absolute atomic E-state index is 10.8. The monoisotopic (exact) mass is 195 g/mol. The van der Waals surface area contributed by atoms with E-state index in [0.717, 1.165) is 5.69 Å². The van der Waals surface area contributed by atoms with Gasteiger partial charge >= 0.3 is 0 Å². The molecule has 2 rings (SSSR count). The number of fused-ring (bicyclic) bond motifs is 1. The van der Waals surface area contributed by atoms with Gasteiger partial charge in [0.25, 0.3) is 5.24 Å². The molecule has 0 amide bonds. The van der Waals surface area contributed by atoms with Gasteiger partial charge in [-0.15, -0.1) is 0 Å². The summed E-state index contributed by atoms with van der Waals surface area (Å²) in [5.74, 6) is 0.606. The van der Waals surface area contributed by atoms with Crippen molar-refractivity contribution in [3.63, 3.8) is 0 Å². The number of aliphatic imine (C=N–C) groups is 1. The van der Waals surface area contributed by atoms with Gasteiger partial charge in [0.05, 0.1) is 0 Å². The third-order valence-corrected chi connectivity index (χ3v) is 1.95. The highest BCUT2D eigenvalue weighted by Crippen LogP contribution is 2.30. The largest absolute Gasteiger partial charge is 0.486 e. The molecule has 0 unspecified atom stereocenters. The van der Waals surface area contributed by atoms with Crippen molar-refractivity contribution in [3.8, 4) is 5.75 Å². The fourth-order valence-electron chi connectivity index (χ4n) is 1.12. The minimum Gasteiger partial charge on any atom is -0.486 e. The lowest BCUT2D eigenvalue weighted by Gasteiger charge is -2.11. The Hall–Kier alpha value is -1.35. The van der Waals surface area contributed by atoms with Gasteiger partial charge in [-0.3, -0.25) is 9.79 Å². The standard InChI is InChI=1S/C9H6ClNO2/c10-9(12)6-1-2-7-8(5-6)13-4-3-11-7/h1-3,5H,4H2. The molecule has 1 aromatic carbocycles. The van der Waals surface area contributed by atoms with Crippen LogP contribution in [-0.2, 0) is 0 Å². The average Bonchev–Trinajstić information content (AvgIpc) is 2.17. The summed E-state index contributed by atoms with van der Waals surface area (Å²) in [6, 6.07) is 4.93. The summed E-state index contributed by atoms with van der Waals surface area (Å²) >= 11 is 5.31. The van der Waals surface area contributed by atoms with Crippen LogP contribution >= 0.6 is 11.6 Å². The van der Waals surface area contributed by atoms with Crippen LogP contribution in [0.25, 0.3) is 0 Å². The molecule has 1 aliphatic rings. The fourth-order valence-corrected chi connectivity index (χ4v) is 1.24. The minimum atomic E-state index is -0.485. The van der Waals surface area contributed by atoms with Crippen LogP contribution < -0.4 is 4.74 Å². The number of carbonyl (C=O) groups excluding carboxylic acids is 1. The van der Waals surface area contributed by atoms with E-state index in [4.69, 9.17) is 16.3 Å². The van der Waals surface area contributed by atoms with E-state index < -0.39 is 5.24 Å². The molecule has 1 heterocycles. The summed E-state index contributed by atoms with van der Waals surface area (Å²) in [5, 5.41) is -0.485. The Morgan fingerprint density at radius 3 is 3.15 bits per heavy atom. The van der Waals surface area contributed by atoms with Crippen molar-refractivity contribution in [3.05, 3.63) is 23.8 Å². The number of benzene rings is 1. The SMILES string of the molecule is O=C(Cl)c1ccc2c(c1)OCC=N2. The number of carbonyl (C=O) groups is 1. The lowest BCUT2D eigenvalue weighted by molar-refractivity contribution is 0.108. The summed E-state index contributed by atoms with van der Waals surface area (Å²) in [7, 11) is 0. The second kappa shape index (κ2) is 3.18. The summed E-state index contributed by atoms with van der Waals surface area (Å²) in [4.78, 5) is 14.9. The van der Waals surface area contributed by atoms with Gasteiger partial charge in [-0.05, 0) is 29.8 Å². The molecular formula is C9H6ClNO2. The molecule has 0 radical (unpaired) electrons. The van der Waals surface area contributed by atoms with Gasteiger partial charge in [-0.1, -0.05) is 0 Å². The Morgan fingerprint density at radius 1 is 1.54 bits per heavy atom. The van der Waals surface area contributed by atoms with Crippen molar-refractivity contribution < 1.29 is 9.53 Å². The number of hydrogen-bond donors (Lipinski definition) is 0. The molecule has 0 bridgehead atoms. The molecule has 1 aliphatic heterocycles. The molecule has 4 heteroatoms. The maximum atomic E-state index is 10.8. The molecule has 1 aromatic rings. The van der Waals surface area contributed by atoms with Crippen molar-refractivity contribution in [2.45, 2.75) is 0 Å². The summed E-state index contributed by atoms with van der Waals surface area (Å²) < 4.78 is 5.25. The Balaban J connectivity index is 2.48. The summed E-state index contributed by atoms with van der Waals surface area (Å²) in [6.07, 6.45) is 1.67. The normalized spacial score (nSPS) is 13.3. The van der Waals surface area contributed by atoms with Crippen LogP contribution in [0.1, 0.15) is 10.4 Å². The quantitative estimate of drug-likeness (QED) is 0.644. The minimum absolute atomic E-state index is 0.428. The third kappa shape index (κ3) is 1.55. The van der Waals surface area contributed by atoms with Crippen molar-refractivity contribution >= 4 is 28.7 Å². The smallest absolute Gasteiger partial charge is 0.252 e. The fraction of sp³-hybridized carbons (Fsp3) is 0.111. The number of nitrogens with zero attached hydrogens (tertiary/aromatic N) is 1. The van der Waals surface area contributed by atoms with Crippen LogP contribution in [0.4, 0.5) is 5.69 Å². The van der Waals surface area contributed by atoms with Crippen LogP contribution in [-0.4, -0.2) is 18.1 Å². The second-order valence-corrected chi connectivity index (χ2v) is 2.92. The number of halogens is 1. The highest BCUT2D eigenvalue weighted by atomic mass is 35.5. The molecule has 0 spiro atoms. The van der Waals surface area contributed by atoms with Crippen LogP contribution in [0.3, 0.4) is 0 Å². The topological polar surface area (TPSA) is 38.7 Å². The van der Waals surface area contributed by atoms with Gasteiger partial charge < -0.3 is 4.74 Å². The molecule has 13 heavy (non-hydrogen) atoms. The number of ether oxygens (including phenoxy) is 1. The molecule has 3 nitrogen and oxygen atoms in total. The third-order valence-electron chi connectivity index (χ3n) is 1.73. The van der Waals surface area contributed by atoms with Gasteiger partial charge in [0.15, 0.2) is 0 Å². The molecule has 0 N–H and O–H groups in total. The van der Waals surface area contributed by atoms with E-state index in [1.807, 2.05) is 0 Å². The Morgan fingerprint density at radius 2 is 2.38 bits per heavy atom. The van der Waals surface area contributed by atoms with Crippen LogP contribution in [0, 0.1) is 0 Å². The van der Waals surface area contributed by atoms with E-state index in [1.54, 1.807) is 24.4 Å². The first-order valence-electron chi connectivity index (χ1n) is 3.76. The Bertz CT molecular complexity index is 387. The predicted octanol–water partition coefficient (Wildman–Crippen LogP) is 2.16. The lowest BCUT2D eigenvalue weighted by atomic mass is 10.2. The first kappa shape index (κ1) is 8.26. The Labute approximate surface area is 80.0 Å². The predicted molar refractivity (Wildman–Crippen MR) is 50.3 cm³/mol. The van der Waals surface area contributed by atoms with E-state index in [1.165, 1.54) is 0 Å². The molecule has 0 aliphatic carbocycles. The molecule has 66 valence electrons. The lowest BCUT2D eigenvalue weighted by Crippen LogP contribution is -2.03. The van der Waals surface area contributed by atoms with Crippen LogP contribution in [0.5, 0.6) is 5.75 Å². The molecule has 0 saturated carbocycles. The van der Waals surface area contributed by atoms with E-state index in [2.05, 4.69) is 4.99 Å². The molecule has 0 aromatic heterocycles. The van der Waals surface area contributed by atoms with Gasteiger partial charge in [0.2, 0.25) is 0 Å². The first-order valence-corrected chi connectivity index (χ1v) is 4.14. The van der Waals surface area contributed by atoms with E-state index >= 15 is 0 Å². The van der Waals surface area contributed by atoms with Crippen LogP contribution in [0.15, 0.2) is 23.2 Å². The highest BCUT2D eigenvalue weighted by molar-refractivity contribution is 6.67. The van der Waals surface area contributed by atoms with E-state index in [0.29, 0.717) is 17.9 Å². The van der Waals surface area contributed by atoms with Gasteiger partial charge in [-0.25, -0.2) is 0 Å².